The van der Waals surface area contributed by atoms with Crippen molar-refractivity contribution >= 4 is 95.6 Å². The summed E-state index contributed by atoms with van der Waals surface area (Å²) in [6, 6.07) is 0. The average molecular weight is 566 g/mol. The quantitative estimate of drug-likeness (QED) is 0.441. The number of hydrogen-bond donors (Lipinski definition) is 2. The molecule has 2 nitrogen and oxygen atoms in total. The number of aliphatic hydroxyl groups excluding tert-OH is 2. The van der Waals surface area contributed by atoms with E-state index in [-0.39, 0.29) is 13.2 Å². The molecule has 0 amide bonds. The fourth-order valence-electron chi connectivity index (χ4n) is 0. The molecule has 0 unspecified atom stereocenters. The van der Waals surface area contributed by atoms with Gasteiger partial charge in [0.05, 0.1) is 13.2 Å². The Morgan fingerprint density at radius 1 is 0.667 bits per heavy atom. The van der Waals surface area contributed by atoms with Crippen LogP contribution in [0.4, 0.5) is 0 Å². The van der Waals surface area contributed by atoms with Crippen LogP contribution >= 0.6 is 95.6 Å². The number of alkyl halides is 6. The van der Waals surface area contributed by atoms with E-state index in [1.54, 1.807) is 0 Å². The van der Waals surface area contributed by atoms with E-state index in [0.717, 1.165) is 0 Å². The van der Waals surface area contributed by atoms with Crippen LogP contribution in [0.15, 0.2) is 0 Å². The molecule has 0 spiro atoms. The van der Waals surface area contributed by atoms with Gasteiger partial charge in [-0.05, 0) is 0 Å². The van der Waals surface area contributed by atoms with E-state index < -0.39 is 4.29 Å². The Labute approximate surface area is 122 Å². The van der Waals surface area contributed by atoms with Crippen molar-refractivity contribution in [3.05, 3.63) is 0 Å². The SMILES string of the molecule is OCC(Br)(Br)Br.OCC(Br)(Br)Br. The summed E-state index contributed by atoms with van der Waals surface area (Å²) in [5.74, 6) is 0. The van der Waals surface area contributed by atoms with Crippen molar-refractivity contribution < 1.29 is 10.2 Å². The predicted molar refractivity (Wildman–Crippen MR) is 73.2 cm³/mol. The zero-order chi connectivity index (χ0) is 10.4. The second-order valence-corrected chi connectivity index (χ2v) is 16.1. The second-order valence-electron chi connectivity index (χ2n) is 1.55. The van der Waals surface area contributed by atoms with Gasteiger partial charge in [-0.3, -0.25) is 0 Å². The van der Waals surface area contributed by atoms with Crippen LogP contribution in [-0.4, -0.2) is 27.7 Å². The van der Waals surface area contributed by atoms with Gasteiger partial charge in [0.1, 0.15) is 0 Å². The Kier molecular flexibility index (Phi) is 11.5. The van der Waals surface area contributed by atoms with Gasteiger partial charge in [-0.1, -0.05) is 95.6 Å². The maximum Gasteiger partial charge on any atom is 0.157 e. The van der Waals surface area contributed by atoms with Crippen LogP contribution < -0.4 is 0 Å². The fraction of sp³-hybridized carbons (Fsp3) is 1.00. The van der Waals surface area contributed by atoms with Crippen molar-refractivity contribution in [1.29, 1.82) is 0 Å². The lowest BCUT2D eigenvalue weighted by atomic mass is 10.9. The van der Waals surface area contributed by atoms with Crippen molar-refractivity contribution in [1.82, 2.24) is 0 Å². The fourth-order valence-corrected chi connectivity index (χ4v) is 0. The molecule has 0 fully saturated rings. The molecule has 0 atom stereocenters. The minimum absolute atomic E-state index is 0.0208. The normalized spacial score (nSPS) is 12.0. The molecular formula is C4H6Br6O2. The van der Waals surface area contributed by atoms with Crippen molar-refractivity contribution in [3.8, 4) is 0 Å². The van der Waals surface area contributed by atoms with Gasteiger partial charge in [-0.2, -0.15) is 0 Å². The van der Waals surface area contributed by atoms with Gasteiger partial charge in [-0.25, -0.2) is 0 Å². The predicted octanol–water partition coefficient (Wildman–Crippen LogP) is 3.63. The Morgan fingerprint density at radius 3 is 0.750 bits per heavy atom. The van der Waals surface area contributed by atoms with Gasteiger partial charge in [0.2, 0.25) is 0 Å². The Hall–Kier alpha value is 2.80. The average Bonchev–Trinajstić information content (AvgIpc) is 1.86. The van der Waals surface area contributed by atoms with Crippen LogP contribution in [0.3, 0.4) is 0 Å². The summed E-state index contributed by atoms with van der Waals surface area (Å²) in [6.07, 6.45) is 0. The Morgan fingerprint density at radius 2 is 0.750 bits per heavy atom. The van der Waals surface area contributed by atoms with E-state index in [0.29, 0.717) is 0 Å². The van der Waals surface area contributed by atoms with E-state index in [1.165, 1.54) is 0 Å². The van der Waals surface area contributed by atoms with Gasteiger partial charge < -0.3 is 10.2 Å². The summed E-state index contributed by atoms with van der Waals surface area (Å²) < 4.78 is -0.931. The maximum absolute atomic E-state index is 8.26. The summed E-state index contributed by atoms with van der Waals surface area (Å²) in [5.41, 5.74) is 0. The minimum atomic E-state index is -0.465. The first-order chi connectivity index (χ1) is 5.12. The molecule has 0 bridgehead atoms. The molecule has 0 radical (unpaired) electrons. The number of halogens is 6. The van der Waals surface area contributed by atoms with E-state index >= 15 is 0 Å². The molecule has 0 aromatic carbocycles. The molecule has 0 aliphatic carbocycles. The summed E-state index contributed by atoms with van der Waals surface area (Å²) in [6.45, 7) is 0.0417. The van der Waals surface area contributed by atoms with Crippen molar-refractivity contribution in [3.63, 3.8) is 0 Å². The van der Waals surface area contributed by atoms with Crippen LogP contribution in [-0.2, 0) is 0 Å². The highest BCUT2D eigenvalue weighted by Crippen LogP contribution is 2.32. The van der Waals surface area contributed by atoms with Gasteiger partial charge in [0.25, 0.3) is 0 Å². The summed E-state index contributed by atoms with van der Waals surface area (Å²) in [5, 5.41) is 16.5. The monoisotopic (exact) mass is 560 g/mol. The van der Waals surface area contributed by atoms with E-state index in [9.17, 15) is 0 Å². The number of hydrogen-bond acceptors (Lipinski definition) is 2. The molecule has 0 heterocycles. The number of rotatable bonds is 0. The highest BCUT2D eigenvalue weighted by Gasteiger charge is 2.14. The lowest BCUT2D eigenvalue weighted by molar-refractivity contribution is 0.313. The van der Waals surface area contributed by atoms with Crippen molar-refractivity contribution in [2.24, 2.45) is 0 Å². The highest BCUT2D eigenvalue weighted by molar-refractivity contribution is 9.39. The molecule has 0 aromatic rings. The first kappa shape index (κ1) is 17.2. The third kappa shape index (κ3) is 23.0. The largest absolute Gasteiger partial charge is 0.393 e. The molecule has 2 N–H and O–H groups in total. The zero-order valence-corrected chi connectivity index (χ0v) is 15.1. The Balaban J connectivity index is 0. The minimum Gasteiger partial charge on any atom is -0.393 e. The van der Waals surface area contributed by atoms with Gasteiger partial charge in [-0.15, -0.1) is 0 Å². The second kappa shape index (κ2) is 8.01. The molecule has 0 saturated carbocycles. The number of aliphatic hydroxyl groups is 2. The first-order valence-electron chi connectivity index (χ1n) is 2.47. The summed E-state index contributed by atoms with van der Waals surface area (Å²) in [4.78, 5) is 0. The molecule has 0 aliphatic heterocycles. The topological polar surface area (TPSA) is 40.5 Å². The van der Waals surface area contributed by atoms with Crippen LogP contribution in [0, 0.1) is 0 Å². The smallest absolute Gasteiger partial charge is 0.157 e. The molecule has 0 saturated heterocycles. The standard InChI is InChI=1S/2C2H3Br3O/c2*3-2(4,5)1-6/h2*6H,1H2. The van der Waals surface area contributed by atoms with Crippen LogP contribution in [0.2, 0.25) is 0 Å². The lowest BCUT2D eigenvalue weighted by Crippen LogP contribution is -2.04. The molecule has 0 rings (SSSR count). The summed E-state index contributed by atoms with van der Waals surface area (Å²) in [7, 11) is 0. The molecule has 0 aromatic heterocycles. The van der Waals surface area contributed by atoms with Crippen LogP contribution in [0.1, 0.15) is 0 Å². The highest BCUT2D eigenvalue weighted by atomic mass is 80.0. The van der Waals surface area contributed by atoms with Gasteiger partial charge in [0.15, 0.2) is 4.29 Å². The van der Waals surface area contributed by atoms with Crippen LogP contribution in [0.25, 0.3) is 0 Å². The molecule has 12 heavy (non-hydrogen) atoms. The lowest BCUT2D eigenvalue weighted by Gasteiger charge is -2.03. The van der Waals surface area contributed by atoms with Gasteiger partial charge >= 0.3 is 0 Å². The Bertz CT molecular complexity index is 91.1. The maximum atomic E-state index is 8.26. The van der Waals surface area contributed by atoms with E-state index in [2.05, 4.69) is 95.6 Å². The van der Waals surface area contributed by atoms with Crippen molar-refractivity contribution in [2.75, 3.05) is 13.2 Å². The van der Waals surface area contributed by atoms with E-state index in [4.69, 9.17) is 10.2 Å². The molecular weight excluding hydrogens is 559 g/mol. The third-order valence-electron chi connectivity index (χ3n) is 0.359. The zero-order valence-electron chi connectivity index (χ0n) is 5.58. The van der Waals surface area contributed by atoms with Gasteiger partial charge in [0, 0.05) is 0 Å². The molecule has 0 aliphatic rings. The first-order valence-corrected chi connectivity index (χ1v) is 7.23. The van der Waals surface area contributed by atoms with E-state index in [1.807, 2.05) is 0 Å². The third-order valence-corrected chi connectivity index (χ3v) is 1.86. The van der Waals surface area contributed by atoms with Crippen LogP contribution in [0.5, 0.6) is 0 Å². The van der Waals surface area contributed by atoms with Crippen molar-refractivity contribution in [2.45, 2.75) is 4.29 Å². The molecule has 76 valence electrons. The summed E-state index contributed by atoms with van der Waals surface area (Å²) >= 11 is 18.4. The molecule has 8 heteroatoms.